The molecule has 22 heavy (non-hydrogen) atoms. The zero-order valence-corrected chi connectivity index (χ0v) is 13.7. The number of ether oxygens (including phenoxy) is 2. The van der Waals surface area contributed by atoms with Gasteiger partial charge in [0, 0.05) is 12.6 Å². The molecule has 2 rings (SSSR count). The second-order valence-electron chi connectivity index (χ2n) is 5.75. The number of amides is 1. The first-order valence-electron chi connectivity index (χ1n) is 7.84. The number of benzene rings is 1. The van der Waals surface area contributed by atoms with Gasteiger partial charge >= 0.3 is 0 Å². The number of carbonyl (C=O) groups excluding carboxylic acids is 1. The van der Waals surface area contributed by atoms with E-state index in [-0.39, 0.29) is 11.9 Å². The highest BCUT2D eigenvalue weighted by Gasteiger charge is 2.25. The van der Waals surface area contributed by atoms with E-state index in [2.05, 4.69) is 10.2 Å². The predicted molar refractivity (Wildman–Crippen MR) is 86.5 cm³/mol. The fraction of sp³-hybridized carbons (Fsp3) is 0.588. The van der Waals surface area contributed by atoms with Crippen LogP contribution in [0, 0.1) is 0 Å². The number of likely N-dealkylation sites (tertiary alicyclic amines) is 1. The fourth-order valence-electron chi connectivity index (χ4n) is 2.86. The molecule has 122 valence electrons. The molecule has 5 heteroatoms. The molecule has 1 atom stereocenters. The Morgan fingerprint density at radius 3 is 2.50 bits per heavy atom. The average molecular weight is 306 g/mol. The summed E-state index contributed by atoms with van der Waals surface area (Å²) in [5.74, 6) is 1.68. The van der Waals surface area contributed by atoms with Crippen LogP contribution in [0.1, 0.15) is 24.8 Å². The molecule has 0 radical (unpaired) electrons. The van der Waals surface area contributed by atoms with Crippen molar-refractivity contribution in [3.8, 4) is 11.5 Å². The van der Waals surface area contributed by atoms with Crippen molar-refractivity contribution in [2.75, 3.05) is 34.4 Å². The summed E-state index contributed by atoms with van der Waals surface area (Å²) < 4.78 is 10.5. The molecule has 5 nitrogen and oxygen atoms in total. The minimum absolute atomic E-state index is 0.0218. The highest BCUT2D eigenvalue weighted by atomic mass is 16.5. The second kappa shape index (κ2) is 8.03. The lowest BCUT2D eigenvalue weighted by Crippen LogP contribution is -2.47. The molecule has 1 amide bonds. The Morgan fingerprint density at radius 2 is 1.91 bits per heavy atom. The molecule has 1 aliphatic heterocycles. The highest BCUT2D eigenvalue weighted by molar-refractivity contribution is 5.81. The number of hydrogen-bond acceptors (Lipinski definition) is 4. The lowest BCUT2D eigenvalue weighted by atomic mass is 10.0. The Bertz CT molecular complexity index is 482. The summed E-state index contributed by atoms with van der Waals surface area (Å²) in [6.45, 7) is 1.63. The van der Waals surface area contributed by atoms with Crippen molar-refractivity contribution in [3.05, 3.63) is 23.8 Å². The van der Waals surface area contributed by atoms with Crippen molar-refractivity contribution in [1.82, 2.24) is 10.2 Å². The van der Waals surface area contributed by atoms with E-state index in [1.807, 2.05) is 25.2 Å². The molecule has 1 heterocycles. The summed E-state index contributed by atoms with van der Waals surface area (Å²) in [7, 11) is 5.30. The third kappa shape index (κ3) is 4.37. The highest BCUT2D eigenvalue weighted by Crippen LogP contribution is 2.22. The van der Waals surface area contributed by atoms with Crippen LogP contribution in [0.25, 0.3) is 0 Å². The van der Waals surface area contributed by atoms with Gasteiger partial charge in [-0.3, -0.25) is 9.69 Å². The minimum Gasteiger partial charge on any atom is -0.497 e. The Hall–Kier alpha value is -1.75. The summed E-state index contributed by atoms with van der Waals surface area (Å²) in [5, 5.41) is 3.04. The Labute approximate surface area is 132 Å². The number of likely N-dealkylation sites (N-methyl/N-ethyl adjacent to an activating group) is 1. The number of nitrogens with one attached hydrogen (secondary N) is 1. The average Bonchev–Trinajstić information content (AvgIpc) is 2.54. The van der Waals surface area contributed by atoms with E-state index in [0.29, 0.717) is 6.54 Å². The number of piperidine rings is 1. The normalized spacial score (nSPS) is 18.8. The topological polar surface area (TPSA) is 50.8 Å². The number of nitrogens with zero attached hydrogens (tertiary/aromatic N) is 1. The van der Waals surface area contributed by atoms with Gasteiger partial charge in [0.05, 0.1) is 20.3 Å². The third-order valence-corrected chi connectivity index (χ3v) is 4.20. The van der Waals surface area contributed by atoms with Gasteiger partial charge in [0.25, 0.3) is 0 Å². The second-order valence-corrected chi connectivity index (χ2v) is 5.75. The maximum atomic E-state index is 12.2. The molecule has 1 N–H and O–H groups in total. The van der Waals surface area contributed by atoms with E-state index in [9.17, 15) is 4.79 Å². The minimum atomic E-state index is 0.0218. The van der Waals surface area contributed by atoms with Crippen molar-refractivity contribution in [2.24, 2.45) is 0 Å². The first-order valence-corrected chi connectivity index (χ1v) is 7.84. The lowest BCUT2D eigenvalue weighted by molar-refractivity contribution is -0.126. The predicted octanol–water partition coefficient (Wildman–Crippen LogP) is 1.85. The van der Waals surface area contributed by atoms with Gasteiger partial charge in [-0.25, -0.2) is 0 Å². The Balaban J connectivity index is 1.86. The van der Waals surface area contributed by atoms with Crippen LogP contribution in [-0.4, -0.2) is 51.2 Å². The summed E-state index contributed by atoms with van der Waals surface area (Å²) in [6, 6.07) is 5.82. The van der Waals surface area contributed by atoms with Crippen LogP contribution in [-0.2, 0) is 11.2 Å². The first kappa shape index (κ1) is 16.6. The monoisotopic (exact) mass is 306 g/mol. The Kier molecular flexibility index (Phi) is 6.07. The van der Waals surface area contributed by atoms with Gasteiger partial charge in [0.15, 0.2) is 0 Å². The van der Waals surface area contributed by atoms with Crippen LogP contribution in [0.3, 0.4) is 0 Å². The Morgan fingerprint density at radius 1 is 1.23 bits per heavy atom. The van der Waals surface area contributed by atoms with Crippen LogP contribution in [0.5, 0.6) is 11.5 Å². The zero-order valence-electron chi connectivity index (χ0n) is 13.7. The number of hydrogen-bond donors (Lipinski definition) is 1. The number of rotatable bonds is 6. The van der Waals surface area contributed by atoms with Gasteiger partial charge in [-0.05, 0) is 50.6 Å². The van der Waals surface area contributed by atoms with Gasteiger partial charge in [-0.1, -0.05) is 6.42 Å². The summed E-state index contributed by atoms with van der Waals surface area (Å²) in [6.07, 6.45) is 4.03. The standard InChI is InChI=1S/C17H26N2O3/c1-19-9-5-4-6-16(19)17(20)18-8-7-13-10-14(21-2)12-15(11-13)22-3/h10-12,16H,4-9H2,1-3H3,(H,18,20)/t16-/m0/s1. The maximum Gasteiger partial charge on any atom is 0.237 e. The molecule has 0 aromatic heterocycles. The lowest BCUT2D eigenvalue weighted by Gasteiger charge is -2.31. The van der Waals surface area contributed by atoms with Crippen LogP contribution < -0.4 is 14.8 Å². The van der Waals surface area contributed by atoms with E-state index < -0.39 is 0 Å². The van der Waals surface area contributed by atoms with Gasteiger partial charge in [-0.2, -0.15) is 0 Å². The van der Waals surface area contributed by atoms with E-state index in [1.165, 1.54) is 6.42 Å². The molecule has 0 bridgehead atoms. The van der Waals surface area contributed by atoms with Crippen molar-refractivity contribution in [1.29, 1.82) is 0 Å². The zero-order chi connectivity index (χ0) is 15.9. The van der Waals surface area contributed by atoms with Crippen LogP contribution in [0.15, 0.2) is 18.2 Å². The molecule has 0 spiro atoms. The van der Waals surface area contributed by atoms with Crippen LogP contribution >= 0.6 is 0 Å². The third-order valence-electron chi connectivity index (χ3n) is 4.20. The van der Waals surface area contributed by atoms with E-state index >= 15 is 0 Å². The molecule has 1 saturated heterocycles. The molecule has 0 saturated carbocycles. The summed E-state index contributed by atoms with van der Waals surface area (Å²) in [4.78, 5) is 14.4. The van der Waals surface area contributed by atoms with Crippen LogP contribution in [0.2, 0.25) is 0 Å². The smallest absolute Gasteiger partial charge is 0.237 e. The molecule has 1 aromatic carbocycles. The van der Waals surface area contributed by atoms with E-state index in [4.69, 9.17) is 9.47 Å². The van der Waals surface area contributed by atoms with E-state index in [0.717, 1.165) is 42.9 Å². The quantitative estimate of drug-likeness (QED) is 0.871. The largest absolute Gasteiger partial charge is 0.497 e. The van der Waals surface area contributed by atoms with Crippen molar-refractivity contribution in [3.63, 3.8) is 0 Å². The van der Waals surface area contributed by atoms with Gasteiger partial charge in [0.2, 0.25) is 5.91 Å². The summed E-state index contributed by atoms with van der Waals surface area (Å²) in [5.41, 5.74) is 1.09. The van der Waals surface area contributed by atoms with Crippen molar-refractivity contribution < 1.29 is 14.3 Å². The molecule has 0 unspecified atom stereocenters. The van der Waals surface area contributed by atoms with Gasteiger partial charge < -0.3 is 14.8 Å². The first-order chi connectivity index (χ1) is 10.6. The number of carbonyl (C=O) groups is 1. The van der Waals surface area contributed by atoms with Crippen LogP contribution in [0.4, 0.5) is 0 Å². The molecule has 0 aliphatic carbocycles. The summed E-state index contributed by atoms with van der Waals surface area (Å²) >= 11 is 0. The van der Waals surface area contributed by atoms with Gasteiger partial charge in [0.1, 0.15) is 11.5 Å². The fourth-order valence-corrected chi connectivity index (χ4v) is 2.86. The molecule has 1 fully saturated rings. The maximum absolute atomic E-state index is 12.2. The molecule has 1 aromatic rings. The molecule has 1 aliphatic rings. The van der Waals surface area contributed by atoms with Crippen molar-refractivity contribution >= 4 is 5.91 Å². The van der Waals surface area contributed by atoms with Gasteiger partial charge in [-0.15, -0.1) is 0 Å². The van der Waals surface area contributed by atoms with E-state index in [1.54, 1.807) is 14.2 Å². The number of methoxy groups -OCH3 is 2. The molecular weight excluding hydrogens is 280 g/mol. The molecular formula is C17H26N2O3. The van der Waals surface area contributed by atoms with Crippen molar-refractivity contribution in [2.45, 2.75) is 31.7 Å². The SMILES string of the molecule is COc1cc(CCNC(=O)[C@@H]2CCCCN2C)cc(OC)c1.